The van der Waals surface area contributed by atoms with Gasteiger partial charge >= 0.3 is 7.12 Å². The molecule has 0 saturated carbocycles. The zero-order chi connectivity index (χ0) is 13.7. The Bertz CT molecular complexity index is 949. The van der Waals surface area contributed by atoms with Crippen LogP contribution in [-0.4, -0.2) is 27.1 Å². The lowest BCUT2D eigenvalue weighted by Gasteiger charge is -1.97. The van der Waals surface area contributed by atoms with Crippen molar-refractivity contribution in [3.05, 3.63) is 42.7 Å². The maximum Gasteiger partial charge on any atom is 0.508 e. The summed E-state index contributed by atoms with van der Waals surface area (Å²) in [6.07, 6.45) is 3.23. The molecule has 0 spiro atoms. The summed E-state index contributed by atoms with van der Waals surface area (Å²) in [6, 6.07) is 9.33. The fourth-order valence-electron chi connectivity index (χ4n) is 2.42. The van der Waals surface area contributed by atoms with Crippen molar-refractivity contribution in [2.24, 2.45) is 0 Å². The Hall–Kier alpha value is -2.44. The molecule has 0 aliphatic rings. The Morgan fingerprint density at radius 3 is 2.65 bits per heavy atom. The summed E-state index contributed by atoms with van der Waals surface area (Å²) in [7, 11) is -1.60. The first-order valence-electron chi connectivity index (χ1n) is 6.16. The summed E-state index contributed by atoms with van der Waals surface area (Å²) in [5, 5.41) is 21.0. The normalized spacial score (nSPS) is 11.5. The van der Waals surface area contributed by atoms with Crippen LogP contribution in [0.1, 0.15) is 0 Å². The van der Waals surface area contributed by atoms with E-state index in [-0.39, 0.29) is 5.59 Å². The second kappa shape index (κ2) is 4.03. The van der Waals surface area contributed by atoms with Crippen LogP contribution in [0.25, 0.3) is 32.8 Å². The predicted octanol–water partition coefficient (Wildman–Crippen LogP) is 1.21. The van der Waals surface area contributed by atoms with E-state index in [0.717, 1.165) is 27.3 Å². The summed E-state index contributed by atoms with van der Waals surface area (Å²) < 4.78 is 5.83. The topological polar surface area (TPSA) is 79.4 Å². The van der Waals surface area contributed by atoms with Gasteiger partial charge in [0, 0.05) is 22.4 Å². The summed E-state index contributed by atoms with van der Waals surface area (Å²) >= 11 is 0. The van der Waals surface area contributed by atoms with Gasteiger partial charge in [0.05, 0.1) is 17.3 Å². The molecule has 0 amide bonds. The SMILES string of the molecule is OB(O)c1cc2c(cn1)oc1c3ccccc3ncc21. The summed E-state index contributed by atoms with van der Waals surface area (Å²) in [5.41, 5.74) is 2.38. The smallest absolute Gasteiger partial charge is 0.454 e. The average molecular weight is 264 g/mol. The molecule has 0 saturated heterocycles. The lowest BCUT2D eigenvalue weighted by atomic mass is 9.85. The molecule has 0 aliphatic carbocycles. The molecule has 1 aromatic carbocycles. The molecular formula is C14H9BN2O3. The Morgan fingerprint density at radius 1 is 0.950 bits per heavy atom. The fourth-order valence-corrected chi connectivity index (χ4v) is 2.42. The first kappa shape index (κ1) is 11.4. The molecule has 6 heteroatoms. The molecule has 0 aliphatic heterocycles. The molecule has 3 aromatic heterocycles. The molecular weight excluding hydrogens is 255 g/mol. The molecule has 0 fully saturated rings. The quantitative estimate of drug-likeness (QED) is 0.505. The number of rotatable bonds is 1. The number of furan rings is 1. The molecule has 0 unspecified atom stereocenters. The van der Waals surface area contributed by atoms with Gasteiger partial charge in [0.15, 0.2) is 5.58 Å². The monoisotopic (exact) mass is 264 g/mol. The first-order chi connectivity index (χ1) is 9.74. The first-order valence-corrected chi connectivity index (χ1v) is 6.16. The molecule has 2 N–H and O–H groups in total. The minimum Gasteiger partial charge on any atom is -0.454 e. The molecule has 0 atom stereocenters. The minimum atomic E-state index is -1.60. The minimum absolute atomic E-state index is 0.188. The van der Waals surface area contributed by atoms with Gasteiger partial charge in [-0.1, -0.05) is 12.1 Å². The summed E-state index contributed by atoms with van der Waals surface area (Å²) in [5.74, 6) is 0. The van der Waals surface area contributed by atoms with Gasteiger partial charge in [-0.05, 0) is 18.2 Å². The van der Waals surface area contributed by atoms with Crippen LogP contribution in [0, 0.1) is 0 Å². The van der Waals surface area contributed by atoms with Crippen LogP contribution in [0.2, 0.25) is 0 Å². The van der Waals surface area contributed by atoms with Gasteiger partial charge in [-0.25, -0.2) is 0 Å². The van der Waals surface area contributed by atoms with E-state index in [1.807, 2.05) is 24.3 Å². The van der Waals surface area contributed by atoms with Crippen molar-refractivity contribution in [2.75, 3.05) is 0 Å². The van der Waals surface area contributed by atoms with E-state index in [2.05, 4.69) is 9.97 Å². The number of benzene rings is 1. The van der Waals surface area contributed by atoms with E-state index >= 15 is 0 Å². The van der Waals surface area contributed by atoms with Gasteiger partial charge in [-0.2, -0.15) is 0 Å². The van der Waals surface area contributed by atoms with E-state index < -0.39 is 7.12 Å². The van der Waals surface area contributed by atoms with Crippen LogP contribution in [0.5, 0.6) is 0 Å². The van der Waals surface area contributed by atoms with E-state index in [1.54, 1.807) is 12.3 Å². The Morgan fingerprint density at radius 2 is 1.80 bits per heavy atom. The van der Waals surface area contributed by atoms with Gasteiger partial charge in [0.2, 0.25) is 0 Å². The average Bonchev–Trinajstić information content (AvgIpc) is 2.85. The van der Waals surface area contributed by atoms with E-state index in [9.17, 15) is 10.0 Å². The van der Waals surface area contributed by atoms with Crippen LogP contribution in [0.3, 0.4) is 0 Å². The molecule has 3 heterocycles. The summed E-state index contributed by atoms with van der Waals surface area (Å²) in [6.45, 7) is 0. The van der Waals surface area contributed by atoms with Crippen LogP contribution >= 0.6 is 0 Å². The Balaban J connectivity index is 2.16. The van der Waals surface area contributed by atoms with Gasteiger partial charge in [-0.15, -0.1) is 0 Å². The summed E-state index contributed by atoms with van der Waals surface area (Å²) in [4.78, 5) is 8.37. The second-order valence-corrected chi connectivity index (χ2v) is 4.60. The van der Waals surface area contributed by atoms with E-state index in [0.29, 0.717) is 5.58 Å². The molecule has 4 aromatic rings. The van der Waals surface area contributed by atoms with Crippen LogP contribution in [0.15, 0.2) is 47.1 Å². The van der Waals surface area contributed by atoms with E-state index in [1.165, 1.54) is 6.20 Å². The number of hydrogen-bond acceptors (Lipinski definition) is 5. The number of aromatic nitrogens is 2. The highest BCUT2D eigenvalue weighted by Crippen LogP contribution is 2.31. The van der Waals surface area contributed by atoms with Crippen molar-refractivity contribution in [1.29, 1.82) is 0 Å². The van der Waals surface area contributed by atoms with Crippen molar-refractivity contribution in [1.82, 2.24) is 9.97 Å². The maximum atomic E-state index is 9.21. The highest BCUT2D eigenvalue weighted by atomic mass is 16.4. The van der Waals surface area contributed by atoms with Crippen LogP contribution < -0.4 is 5.59 Å². The van der Waals surface area contributed by atoms with E-state index in [4.69, 9.17) is 4.42 Å². The van der Waals surface area contributed by atoms with Crippen molar-refractivity contribution in [2.45, 2.75) is 0 Å². The van der Waals surface area contributed by atoms with Gasteiger partial charge in [-0.3, -0.25) is 9.97 Å². The number of pyridine rings is 2. The largest absolute Gasteiger partial charge is 0.508 e. The predicted molar refractivity (Wildman–Crippen MR) is 76.6 cm³/mol. The van der Waals surface area contributed by atoms with Crippen molar-refractivity contribution >= 4 is 45.6 Å². The Kier molecular flexibility index (Phi) is 2.30. The highest BCUT2D eigenvalue weighted by Gasteiger charge is 2.17. The third-order valence-corrected chi connectivity index (χ3v) is 3.38. The third kappa shape index (κ3) is 1.52. The number of fused-ring (bicyclic) bond motifs is 5. The number of para-hydroxylation sites is 1. The lowest BCUT2D eigenvalue weighted by molar-refractivity contribution is 0.424. The molecule has 20 heavy (non-hydrogen) atoms. The highest BCUT2D eigenvalue weighted by molar-refractivity contribution is 6.57. The van der Waals surface area contributed by atoms with Gasteiger partial charge in [0.1, 0.15) is 5.58 Å². The standard InChI is InChI=1S/C14H9BN2O3/c18-15(19)13-5-9-10-6-16-11-4-2-1-3-8(11)14(10)20-12(9)7-17-13/h1-7,18-19H. The molecule has 0 bridgehead atoms. The molecule has 96 valence electrons. The van der Waals surface area contributed by atoms with Gasteiger partial charge in [0.25, 0.3) is 0 Å². The maximum absolute atomic E-state index is 9.21. The number of nitrogens with zero attached hydrogens (tertiary/aromatic N) is 2. The zero-order valence-electron chi connectivity index (χ0n) is 10.3. The zero-order valence-corrected chi connectivity index (χ0v) is 10.3. The number of hydrogen-bond donors (Lipinski definition) is 2. The van der Waals surface area contributed by atoms with Crippen molar-refractivity contribution in [3.63, 3.8) is 0 Å². The van der Waals surface area contributed by atoms with Gasteiger partial charge < -0.3 is 14.5 Å². The fraction of sp³-hybridized carbons (Fsp3) is 0. The molecule has 5 nitrogen and oxygen atoms in total. The molecule has 0 radical (unpaired) electrons. The van der Waals surface area contributed by atoms with Crippen molar-refractivity contribution < 1.29 is 14.5 Å². The second-order valence-electron chi connectivity index (χ2n) is 4.60. The lowest BCUT2D eigenvalue weighted by Crippen LogP contribution is -2.32. The third-order valence-electron chi connectivity index (χ3n) is 3.38. The van der Waals surface area contributed by atoms with Crippen molar-refractivity contribution in [3.8, 4) is 0 Å². The van der Waals surface area contributed by atoms with Crippen LogP contribution in [0.4, 0.5) is 0 Å². The molecule has 4 rings (SSSR count). The Labute approximate surface area is 113 Å². The van der Waals surface area contributed by atoms with Crippen LogP contribution in [-0.2, 0) is 0 Å².